The van der Waals surface area contributed by atoms with E-state index in [2.05, 4.69) is 0 Å². The highest BCUT2D eigenvalue weighted by atomic mass is 16.5. The second-order valence-corrected chi connectivity index (χ2v) is 4.84. The van der Waals surface area contributed by atoms with Crippen molar-refractivity contribution in [1.29, 1.82) is 0 Å². The lowest BCUT2D eigenvalue weighted by atomic mass is 9.91. The summed E-state index contributed by atoms with van der Waals surface area (Å²) >= 11 is 0. The fraction of sp³-hybridized carbons (Fsp3) is 0.500. The molecule has 1 aliphatic carbocycles. The highest BCUT2D eigenvalue weighted by Gasteiger charge is 2.49. The van der Waals surface area contributed by atoms with E-state index in [9.17, 15) is 4.79 Å². The first-order valence-corrected chi connectivity index (χ1v) is 6.05. The first-order valence-electron chi connectivity index (χ1n) is 6.05. The molecule has 0 heterocycles. The van der Waals surface area contributed by atoms with Crippen LogP contribution in [0.3, 0.4) is 0 Å². The zero-order chi connectivity index (χ0) is 13.3. The number of hydrogen-bond acceptors (Lipinski definition) is 4. The van der Waals surface area contributed by atoms with E-state index in [1.54, 1.807) is 20.3 Å². The SMILES string of the molecule is COc1cc(C)c(C(=O)C2(CN)CC2)c(OC)c1. The van der Waals surface area contributed by atoms with Gasteiger partial charge in [0, 0.05) is 18.0 Å². The van der Waals surface area contributed by atoms with Gasteiger partial charge in [-0.1, -0.05) is 0 Å². The van der Waals surface area contributed by atoms with Gasteiger partial charge in [0.2, 0.25) is 0 Å². The first kappa shape index (κ1) is 12.9. The summed E-state index contributed by atoms with van der Waals surface area (Å²) in [6, 6.07) is 3.59. The number of carbonyl (C=O) groups is 1. The number of ketones is 1. The number of benzene rings is 1. The van der Waals surface area contributed by atoms with Gasteiger partial charge in [-0.05, 0) is 31.4 Å². The lowest BCUT2D eigenvalue weighted by Crippen LogP contribution is -2.26. The normalized spacial score (nSPS) is 16.2. The molecule has 18 heavy (non-hydrogen) atoms. The molecule has 0 aromatic heterocycles. The Kier molecular flexibility index (Phi) is 3.30. The maximum Gasteiger partial charge on any atom is 0.174 e. The van der Waals surface area contributed by atoms with Gasteiger partial charge >= 0.3 is 0 Å². The molecule has 2 rings (SSSR count). The Balaban J connectivity index is 2.47. The van der Waals surface area contributed by atoms with Gasteiger partial charge in [-0.3, -0.25) is 4.79 Å². The van der Waals surface area contributed by atoms with Crippen molar-refractivity contribution in [3.8, 4) is 11.5 Å². The fourth-order valence-electron chi connectivity index (χ4n) is 2.23. The van der Waals surface area contributed by atoms with E-state index in [4.69, 9.17) is 15.2 Å². The van der Waals surface area contributed by atoms with Crippen LogP contribution in [0.2, 0.25) is 0 Å². The van der Waals surface area contributed by atoms with Gasteiger partial charge in [0.05, 0.1) is 19.8 Å². The van der Waals surface area contributed by atoms with Crippen LogP contribution in [-0.4, -0.2) is 26.5 Å². The van der Waals surface area contributed by atoms with E-state index in [0.717, 1.165) is 18.4 Å². The van der Waals surface area contributed by atoms with Crippen molar-refractivity contribution < 1.29 is 14.3 Å². The van der Waals surface area contributed by atoms with Gasteiger partial charge in [-0.2, -0.15) is 0 Å². The fourth-order valence-corrected chi connectivity index (χ4v) is 2.23. The summed E-state index contributed by atoms with van der Waals surface area (Å²) in [6.45, 7) is 2.30. The summed E-state index contributed by atoms with van der Waals surface area (Å²) in [4.78, 5) is 12.6. The van der Waals surface area contributed by atoms with Crippen molar-refractivity contribution in [3.63, 3.8) is 0 Å². The zero-order valence-corrected chi connectivity index (χ0v) is 11.1. The summed E-state index contributed by atoms with van der Waals surface area (Å²) in [5, 5.41) is 0. The van der Waals surface area contributed by atoms with Crippen LogP contribution in [0.4, 0.5) is 0 Å². The maximum absolute atomic E-state index is 12.6. The third-order valence-corrected chi connectivity index (χ3v) is 3.68. The highest BCUT2D eigenvalue weighted by Crippen LogP contribution is 2.49. The number of Topliss-reactive ketones (excluding diaryl/α,β-unsaturated/α-hetero) is 1. The maximum atomic E-state index is 12.6. The molecule has 1 aromatic rings. The van der Waals surface area contributed by atoms with Crippen LogP contribution in [-0.2, 0) is 0 Å². The molecule has 0 unspecified atom stereocenters. The lowest BCUT2D eigenvalue weighted by molar-refractivity contribution is 0.0902. The molecule has 0 amide bonds. The molecule has 1 aliphatic rings. The molecule has 1 aromatic carbocycles. The third-order valence-electron chi connectivity index (χ3n) is 3.68. The smallest absolute Gasteiger partial charge is 0.174 e. The monoisotopic (exact) mass is 249 g/mol. The van der Waals surface area contributed by atoms with Crippen molar-refractivity contribution in [3.05, 3.63) is 23.3 Å². The molecule has 98 valence electrons. The van der Waals surface area contributed by atoms with E-state index in [0.29, 0.717) is 23.6 Å². The number of methoxy groups -OCH3 is 2. The molecule has 0 saturated heterocycles. The Bertz CT molecular complexity index is 478. The van der Waals surface area contributed by atoms with Crippen LogP contribution in [0, 0.1) is 12.3 Å². The largest absolute Gasteiger partial charge is 0.497 e. The first-order chi connectivity index (χ1) is 8.57. The van der Waals surface area contributed by atoms with Crippen molar-refractivity contribution >= 4 is 5.78 Å². The Morgan fingerprint density at radius 1 is 1.33 bits per heavy atom. The van der Waals surface area contributed by atoms with Crippen molar-refractivity contribution in [2.75, 3.05) is 20.8 Å². The molecule has 0 spiro atoms. The number of ether oxygens (including phenoxy) is 2. The second kappa shape index (κ2) is 4.61. The molecule has 1 fully saturated rings. The van der Waals surface area contributed by atoms with Crippen molar-refractivity contribution in [2.45, 2.75) is 19.8 Å². The van der Waals surface area contributed by atoms with Crippen LogP contribution in [0.25, 0.3) is 0 Å². The van der Waals surface area contributed by atoms with Crippen LogP contribution in [0.15, 0.2) is 12.1 Å². The molecular weight excluding hydrogens is 230 g/mol. The number of carbonyl (C=O) groups excluding carboxylic acids is 1. The van der Waals surface area contributed by atoms with Gasteiger partial charge < -0.3 is 15.2 Å². The Morgan fingerprint density at radius 3 is 2.44 bits per heavy atom. The van der Waals surface area contributed by atoms with Gasteiger partial charge in [0.1, 0.15) is 11.5 Å². The Morgan fingerprint density at radius 2 is 2.00 bits per heavy atom. The van der Waals surface area contributed by atoms with Crippen LogP contribution in [0.5, 0.6) is 11.5 Å². The molecule has 0 aliphatic heterocycles. The Hall–Kier alpha value is -1.55. The molecule has 2 N–H and O–H groups in total. The van der Waals surface area contributed by atoms with E-state index >= 15 is 0 Å². The second-order valence-electron chi connectivity index (χ2n) is 4.84. The average molecular weight is 249 g/mol. The van der Waals surface area contributed by atoms with Gasteiger partial charge in [-0.25, -0.2) is 0 Å². The van der Waals surface area contributed by atoms with Crippen molar-refractivity contribution in [2.24, 2.45) is 11.1 Å². The minimum Gasteiger partial charge on any atom is -0.497 e. The van der Waals surface area contributed by atoms with Crippen LogP contribution >= 0.6 is 0 Å². The summed E-state index contributed by atoms with van der Waals surface area (Å²) in [5.74, 6) is 1.36. The van der Waals surface area contributed by atoms with Gasteiger partial charge in [0.25, 0.3) is 0 Å². The summed E-state index contributed by atoms with van der Waals surface area (Å²) < 4.78 is 10.5. The van der Waals surface area contributed by atoms with Crippen molar-refractivity contribution in [1.82, 2.24) is 0 Å². The predicted molar refractivity (Wildman–Crippen MR) is 69.3 cm³/mol. The zero-order valence-electron chi connectivity index (χ0n) is 11.1. The minimum atomic E-state index is -0.355. The predicted octanol–water partition coefficient (Wildman–Crippen LogP) is 1.93. The molecule has 0 atom stereocenters. The number of nitrogens with two attached hydrogens (primary N) is 1. The van der Waals surface area contributed by atoms with E-state index in [1.807, 2.05) is 13.0 Å². The van der Waals surface area contributed by atoms with Gasteiger partial charge in [-0.15, -0.1) is 0 Å². The molecule has 4 nitrogen and oxygen atoms in total. The van der Waals surface area contributed by atoms with Crippen LogP contribution in [0.1, 0.15) is 28.8 Å². The van der Waals surface area contributed by atoms with E-state index < -0.39 is 0 Å². The summed E-state index contributed by atoms with van der Waals surface area (Å²) in [7, 11) is 3.16. The topological polar surface area (TPSA) is 61.5 Å². The number of rotatable bonds is 5. The lowest BCUT2D eigenvalue weighted by Gasteiger charge is -2.17. The molecular formula is C14H19NO3. The summed E-state index contributed by atoms with van der Waals surface area (Å²) in [6.07, 6.45) is 1.74. The molecule has 1 saturated carbocycles. The molecule has 4 heteroatoms. The highest BCUT2D eigenvalue weighted by molar-refractivity contribution is 6.05. The standard InChI is InChI=1S/C14H19NO3/c1-9-6-10(17-2)7-11(18-3)12(9)13(16)14(8-15)4-5-14/h6-7H,4-5,8,15H2,1-3H3. The Labute approximate surface area is 107 Å². The van der Waals surface area contributed by atoms with E-state index in [-0.39, 0.29) is 11.2 Å². The van der Waals surface area contributed by atoms with E-state index in [1.165, 1.54) is 0 Å². The average Bonchev–Trinajstić information content (AvgIpc) is 3.17. The number of aryl methyl sites for hydroxylation is 1. The van der Waals surface area contributed by atoms with Crippen LogP contribution < -0.4 is 15.2 Å². The molecule has 0 radical (unpaired) electrons. The third kappa shape index (κ3) is 1.97. The summed E-state index contributed by atoms with van der Waals surface area (Å²) in [5.41, 5.74) is 6.88. The molecule has 0 bridgehead atoms. The number of hydrogen-bond donors (Lipinski definition) is 1. The quantitative estimate of drug-likeness (QED) is 0.810. The minimum absolute atomic E-state index is 0.0991. The van der Waals surface area contributed by atoms with Gasteiger partial charge in [0.15, 0.2) is 5.78 Å².